The largest absolute Gasteiger partial charge is 0.271 e. The number of halogens is 2. The van der Waals surface area contributed by atoms with Gasteiger partial charge in [0.1, 0.15) is 4.90 Å². The Morgan fingerprint density at radius 1 is 1.32 bits per heavy atom. The molecule has 102 valence electrons. The molecule has 0 amide bonds. The topological polar surface area (TPSA) is 64.0 Å². The highest BCUT2D eigenvalue weighted by Gasteiger charge is 2.17. The molecule has 1 aromatic heterocycles. The zero-order chi connectivity index (χ0) is 13.9. The molecular weight excluding hydrogens is 309 g/mol. The molecule has 2 rings (SSSR count). The minimum Gasteiger partial charge on any atom is -0.271 e. The molecule has 1 heterocycles. The van der Waals surface area contributed by atoms with E-state index in [2.05, 4.69) is 9.82 Å². The molecule has 19 heavy (non-hydrogen) atoms. The van der Waals surface area contributed by atoms with E-state index in [-0.39, 0.29) is 16.5 Å². The lowest BCUT2D eigenvalue weighted by atomic mass is 10.4. The van der Waals surface area contributed by atoms with Crippen molar-refractivity contribution in [2.75, 3.05) is 6.54 Å². The molecule has 0 bridgehead atoms. The number of sulfonamides is 1. The monoisotopic (exact) mass is 319 g/mol. The van der Waals surface area contributed by atoms with E-state index < -0.39 is 10.0 Å². The van der Waals surface area contributed by atoms with Gasteiger partial charge < -0.3 is 0 Å². The third-order valence-corrected chi connectivity index (χ3v) is 4.55. The van der Waals surface area contributed by atoms with Gasteiger partial charge in [-0.2, -0.15) is 5.10 Å². The number of nitrogens with zero attached hydrogens (tertiary/aromatic N) is 2. The van der Waals surface area contributed by atoms with Crippen LogP contribution in [0.1, 0.15) is 0 Å². The summed E-state index contributed by atoms with van der Waals surface area (Å²) in [6.07, 6.45) is 3.38. The van der Waals surface area contributed by atoms with Crippen LogP contribution in [0.15, 0.2) is 41.6 Å². The van der Waals surface area contributed by atoms with Gasteiger partial charge >= 0.3 is 0 Å². The fraction of sp³-hybridized carbons (Fsp3) is 0.182. The molecule has 0 aliphatic rings. The van der Waals surface area contributed by atoms with Crippen LogP contribution in [0.25, 0.3) is 0 Å². The fourth-order valence-electron chi connectivity index (χ4n) is 1.49. The maximum atomic E-state index is 12.0. The van der Waals surface area contributed by atoms with Crippen molar-refractivity contribution in [3.8, 4) is 0 Å². The Balaban J connectivity index is 2.07. The first-order valence-electron chi connectivity index (χ1n) is 5.41. The van der Waals surface area contributed by atoms with Crippen LogP contribution in [-0.4, -0.2) is 24.7 Å². The van der Waals surface area contributed by atoms with Gasteiger partial charge in [-0.1, -0.05) is 23.2 Å². The van der Waals surface area contributed by atoms with Crippen LogP contribution in [-0.2, 0) is 16.6 Å². The first-order chi connectivity index (χ1) is 8.99. The molecule has 0 saturated heterocycles. The third kappa shape index (κ3) is 3.70. The molecule has 1 N–H and O–H groups in total. The van der Waals surface area contributed by atoms with Crippen molar-refractivity contribution in [2.24, 2.45) is 0 Å². The Morgan fingerprint density at radius 2 is 2.11 bits per heavy atom. The average Bonchev–Trinajstić information content (AvgIpc) is 2.85. The van der Waals surface area contributed by atoms with Crippen molar-refractivity contribution >= 4 is 33.2 Å². The van der Waals surface area contributed by atoms with E-state index in [1.807, 2.05) is 0 Å². The van der Waals surface area contributed by atoms with E-state index in [1.165, 1.54) is 18.2 Å². The van der Waals surface area contributed by atoms with Gasteiger partial charge in [0.25, 0.3) is 0 Å². The number of nitrogens with one attached hydrogen (secondary N) is 1. The van der Waals surface area contributed by atoms with E-state index in [4.69, 9.17) is 23.2 Å². The second-order valence-corrected chi connectivity index (χ2v) is 6.32. The van der Waals surface area contributed by atoms with Gasteiger partial charge in [0, 0.05) is 24.0 Å². The number of hydrogen-bond acceptors (Lipinski definition) is 3. The molecule has 2 aromatic rings. The highest BCUT2D eigenvalue weighted by Crippen LogP contribution is 2.24. The van der Waals surface area contributed by atoms with Crippen molar-refractivity contribution in [1.29, 1.82) is 0 Å². The van der Waals surface area contributed by atoms with Gasteiger partial charge in [0.05, 0.1) is 11.6 Å². The van der Waals surface area contributed by atoms with Crippen LogP contribution in [0.3, 0.4) is 0 Å². The van der Waals surface area contributed by atoms with E-state index in [0.29, 0.717) is 11.6 Å². The number of rotatable bonds is 5. The van der Waals surface area contributed by atoms with Crippen LogP contribution in [0, 0.1) is 0 Å². The summed E-state index contributed by atoms with van der Waals surface area (Å²) in [5, 5.41) is 4.43. The van der Waals surface area contributed by atoms with Gasteiger partial charge in [-0.25, -0.2) is 13.1 Å². The van der Waals surface area contributed by atoms with Gasteiger partial charge in [-0.15, -0.1) is 0 Å². The van der Waals surface area contributed by atoms with Crippen molar-refractivity contribution in [1.82, 2.24) is 14.5 Å². The molecule has 0 aliphatic heterocycles. The first kappa shape index (κ1) is 14.3. The van der Waals surface area contributed by atoms with E-state index in [9.17, 15) is 8.42 Å². The summed E-state index contributed by atoms with van der Waals surface area (Å²) in [4.78, 5) is -0.0258. The van der Waals surface area contributed by atoms with Crippen LogP contribution < -0.4 is 4.72 Å². The van der Waals surface area contributed by atoms with Crippen molar-refractivity contribution in [3.63, 3.8) is 0 Å². The lowest BCUT2D eigenvalue weighted by molar-refractivity contribution is 0.561. The normalized spacial score (nSPS) is 11.7. The van der Waals surface area contributed by atoms with Crippen molar-refractivity contribution < 1.29 is 8.42 Å². The first-order valence-corrected chi connectivity index (χ1v) is 7.65. The molecule has 0 radical (unpaired) electrons. The summed E-state index contributed by atoms with van der Waals surface area (Å²) in [6, 6.07) is 6.07. The maximum absolute atomic E-state index is 12.0. The Morgan fingerprint density at radius 3 is 2.79 bits per heavy atom. The summed E-state index contributed by atoms with van der Waals surface area (Å²) in [5.74, 6) is 0. The minimum atomic E-state index is -3.67. The number of hydrogen-bond donors (Lipinski definition) is 1. The zero-order valence-corrected chi connectivity index (χ0v) is 12.1. The second-order valence-electron chi connectivity index (χ2n) is 3.74. The molecule has 0 unspecified atom stereocenters. The quantitative estimate of drug-likeness (QED) is 0.918. The molecule has 0 saturated carbocycles. The summed E-state index contributed by atoms with van der Waals surface area (Å²) in [7, 11) is -3.67. The molecule has 0 spiro atoms. The fourth-order valence-corrected chi connectivity index (χ4v) is 3.27. The molecule has 0 atom stereocenters. The Kier molecular flexibility index (Phi) is 4.46. The third-order valence-electron chi connectivity index (χ3n) is 2.37. The van der Waals surface area contributed by atoms with Gasteiger partial charge in [0.2, 0.25) is 10.0 Å². The van der Waals surface area contributed by atoms with Gasteiger partial charge in [-0.05, 0) is 24.3 Å². The maximum Gasteiger partial charge on any atom is 0.242 e. The molecule has 5 nitrogen and oxygen atoms in total. The van der Waals surface area contributed by atoms with Crippen LogP contribution >= 0.6 is 23.2 Å². The SMILES string of the molecule is O=S(=O)(NCCn1cccn1)c1cc(Cl)ccc1Cl. The standard InChI is InChI=1S/C11H11Cl2N3O2S/c12-9-2-3-10(13)11(8-9)19(17,18)15-5-7-16-6-1-4-14-16/h1-4,6,8,15H,5,7H2. The van der Waals surface area contributed by atoms with Crippen molar-refractivity contribution in [3.05, 3.63) is 46.7 Å². The Hall–Kier alpha value is -1.08. The van der Waals surface area contributed by atoms with Gasteiger partial charge in [0.15, 0.2) is 0 Å². The molecule has 8 heteroatoms. The second kappa shape index (κ2) is 5.92. The smallest absolute Gasteiger partial charge is 0.242 e. The summed E-state index contributed by atoms with van der Waals surface area (Å²) >= 11 is 11.6. The molecular formula is C11H11Cl2N3O2S. The predicted molar refractivity (Wildman–Crippen MR) is 73.9 cm³/mol. The summed E-state index contributed by atoms with van der Waals surface area (Å²) in [6.45, 7) is 0.650. The van der Waals surface area contributed by atoms with E-state index in [1.54, 1.807) is 23.1 Å². The lowest BCUT2D eigenvalue weighted by Gasteiger charge is -2.08. The van der Waals surface area contributed by atoms with Crippen LogP contribution in [0.4, 0.5) is 0 Å². The Labute approximate surface area is 121 Å². The summed E-state index contributed by atoms with van der Waals surface area (Å²) < 4.78 is 28.2. The Bertz CT molecular complexity index is 657. The minimum absolute atomic E-state index is 0.0258. The van der Waals surface area contributed by atoms with Crippen LogP contribution in [0.5, 0.6) is 0 Å². The van der Waals surface area contributed by atoms with E-state index in [0.717, 1.165) is 0 Å². The van der Waals surface area contributed by atoms with Crippen LogP contribution in [0.2, 0.25) is 10.0 Å². The molecule has 1 aromatic carbocycles. The number of benzene rings is 1. The average molecular weight is 320 g/mol. The highest BCUT2D eigenvalue weighted by molar-refractivity contribution is 7.89. The lowest BCUT2D eigenvalue weighted by Crippen LogP contribution is -2.27. The highest BCUT2D eigenvalue weighted by atomic mass is 35.5. The van der Waals surface area contributed by atoms with Crippen molar-refractivity contribution in [2.45, 2.75) is 11.4 Å². The molecule has 0 aliphatic carbocycles. The molecule has 0 fully saturated rings. The number of aromatic nitrogens is 2. The van der Waals surface area contributed by atoms with Gasteiger partial charge in [-0.3, -0.25) is 4.68 Å². The van der Waals surface area contributed by atoms with E-state index >= 15 is 0 Å². The zero-order valence-electron chi connectivity index (χ0n) is 9.75. The predicted octanol–water partition coefficient (Wildman–Crippen LogP) is 2.17. The summed E-state index contributed by atoms with van der Waals surface area (Å²) in [5.41, 5.74) is 0.